The zero-order valence-corrected chi connectivity index (χ0v) is 21.3. The normalized spacial score (nSPS) is 12.1. The van der Waals surface area contributed by atoms with Gasteiger partial charge in [0.2, 0.25) is 27.9 Å². The molecule has 1 heterocycles. The Morgan fingerprint density at radius 3 is 1.81 bits per heavy atom. The summed E-state index contributed by atoms with van der Waals surface area (Å²) in [7, 11) is -9.71. The van der Waals surface area contributed by atoms with Gasteiger partial charge in [0.1, 0.15) is 4.90 Å². The molecule has 0 atom stereocenters. The molecule has 0 saturated heterocycles. The fourth-order valence-corrected chi connectivity index (χ4v) is 4.45. The third-order valence-electron chi connectivity index (χ3n) is 4.24. The first-order chi connectivity index (χ1) is 16.5. The van der Waals surface area contributed by atoms with Crippen LogP contribution in [-0.4, -0.2) is 69.7 Å². The standard InChI is InChI=1S/C18H21N7O8S3/c1-25(2)18-22-16(19-11-4-6-12(7-5-11)24-34(3,26)27)21-17(23-18)20-14-10-13(35(28,29)30)8-9-15(14)36(31,32)33/h4-10,24H,1-3H3,(H,28,29,30)(H,31,32,33)(H2,19,20,21,22,23). The molecule has 0 aliphatic heterocycles. The van der Waals surface area contributed by atoms with E-state index in [1.807, 2.05) is 0 Å². The summed E-state index contributed by atoms with van der Waals surface area (Å²) in [5.41, 5.74) is 0.361. The number of nitrogens with one attached hydrogen (secondary N) is 3. The van der Waals surface area contributed by atoms with Crippen molar-refractivity contribution in [3.8, 4) is 0 Å². The molecule has 0 amide bonds. The lowest BCUT2D eigenvalue weighted by molar-refractivity contribution is 0.479. The average Bonchev–Trinajstić information content (AvgIpc) is 2.72. The minimum Gasteiger partial charge on any atom is -0.347 e. The third-order valence-corrected chi connectivity index (χ3v) is 6.61. The summed E-state index contributed by atoms with van der Waals surface area (Å²) in [6.07, 6.45) is 1.01. The van der Waals surface area contributed by atoms with Crippen LogP contribution in [0.25, 0.3) is 0 Å². The Balaban J connectivity index is 2.00. The molecule has 1 aromatic heterocycles. The average molecular weight is 560 g/mol. The van der Waals surface area contributed by atoms with Gasteiger partial charge in [-0.15, -0.1) is 0 Å². The van der Waals surface area contributed by atoms with Gasteiger partial charge in [0.15, 0.2) is 0 Å². The maximum absolute atomic E-state index is 11.8. The molecule has 2 aromatic carbocycles. The van der Waals surface area contributed by atoms with Crippen LogP contribution in [0.4, 0.5) is 34.9 Å². The van der Waals surface area contributed by atoms with Crippen molar-refractivity contribution in [2.45, 2.75) is 9.79 Å². The number of sulfonamides is 1. The minimum absolute atomic E-state index is 0.0145. The molecule has 0 radical (unpaired) electrons. The van der Waals surface area contributed by atoms with Gasteiger partial charge in [0, 0.05) is 25.5 Å². The van der Waals surface area contributed by atoms with Gasteiger partial charge in [0.05, 0.1) is 16.8 Å². The number of aromatic nitrogens is 3. The van der Waals surface area contributed by atoms with Crippen molar-refractivity contribution < 1.29 is 34.4 Å². The highest BCUT2D eigenvalue weighted by molar-refractivity contribution is 7.92. The minimum atomic E-state index is -4.80. The number of hydrogen-bond donors (Lipinski definition) is 5. The predicted octanol–water partition coefficient (Wildman–Crippen LogP) is 1.29. The van der Waals surface area contributed by atoms with Gasteiger partial charge < -0.3 is 15.5 Å². The summed E-state index contributed by atoms with van der Waals surface area (Å²) in [4.78, 5) is 12.7. The SMILES string of the molecule is CN(C)c1nc(Nc2ccc(NS(C)(=O)=O)cc2)nc(Nc2cc(S(=O)(=O)O)ccc2S(=O)(=O)O)n1. The zero-order chi connectivity index (χ0) is 26.9. The van der Waals surface area contributed by atoms with E-state index in [0.29, 0.717) is 11.4 Å². The lowest BCUT2D eigenvalue weighted by atomic mass is 10.3. The van der Waals surface area contributed by atoms with Crippen LogP contribution >= 0.6 is 0 Å². The number of benzene rings is 2. The van der Waals surface area contributed by atoms with Crippen molar-refractivity contribution in [2.24, 2.45) is 0 Å². The van der Waals surface area contributed by atoms with Crippen LogP contribution in [0.1, 0.15) is 0 Å². The number of hydrogen-bond acceptors (Lipinski definition) is 12. The molecule has 0 aliphatic rings. The molecule has 18 heteroatoms. The predicted molar refractivity (Wildman–Crippen MR) is 132 cm³/mol. The molecule has 0 spiro atoms. The summed E-state index contributed by atoms with van der Waals surface area (Å²) in [6, 6.07) is 8.47. The molecule has 3 aromatic rings. The van der Waals surface area contributed by atoms with E-state index in [0.717, 1.165) is 24.5 Å². The van der Waals surface area contributed by atoms with Gasteiger partial charge in [-0.05, 0) is 42.5 Å². The first kappa shape index (κ1) is 27.0. The molecule has 0 saturated carbocycles. The fraction of sp³-hybridized carbons (Fsp3) is 0.167. The number of nitrogens with zero attached hydrogens (tertiary/aromatic N) is 4. The topological polar surface area (TPSA) is 221 Å². The van der Waals surface area contributed by atoms with Crippen LogP contribution in [0.15, 0.2) is 52.3 Å². The second-order valence-electron chi connectivity index (χ2n) is 7.49. The highest BCUT2D eigenvalue weighted by atomic mass is 32.2. The second-order valence-corrected chi connectivity index (χ2v) is 12.0. The Morgan fingerprint density at radius 2 is 1.31 bits per heavy atom. The van der Waals surface area contributed by atoms with E-state index in [1.165, 1.54) is 17.0 Å². The maximum Gasteiger partial charge on any atom is 0.296 e. The van der Waals surface area contributed by atoms with Crippen molar-refractivity contribution in [3.63, 3.8) is 0 Å². The quantitative estimate of drug-likeness (QED) is 0.233. The lowest BCUT2D eigenvalue weighted by Gasteiger charge is -2.15. The summed E-state index contributed by atoms with van der Waals surface area (Å²) in [6.45, 7) is 0. The Kier molecular flexibility index (Phi) is 7.37. The Morgan fingerprint density at radius 1 is 0.750 bits per heavy atom. The molecule has 3 rings (SSSR count). The van der Waals surface area contributed by atoms with Crippen LogP contribution < -0.4 is 20.3 Å². The fourth-order valence-electron chi connectivity index (χ4n) is 2.75. The highest BCUT2D eigenvalue weighted by Gasteiger charge is 2.21. The van der Waals surface area contributed by atoms with Crippen molar-refractivity contribution in [1.82, 2.24) is 15.0 Å². The summed E-state index contributed by atoms with van der Waals surface area (Å²) in [5.74, 6) is -0.131. The number of anilines is 6. The van der Waals surface area contributed by atoms with E-state index in [-0.39, 0.29) is 17.8 Å². The van der Waals surface area contributed by atoms with Crippen molar-refractivity contribution in [3.05, 3.63) is 42.5 Å². The smallest absolute Gasteiger partial charge is 0.296 e. The van der Waals surface area contributed by atoms with E-state index < -0.39 is 45.7 Å². The molecule has 0 fully saturated rings. The molecule has 15 nitrogen and oxygen atoms in total. The molecule has 0 aliphatic carbocycles. The van der Waals surface area contributed by atoms with Crippen LogP contribution in [0.3, 0.4) is 0 Å². The monoisotopic (exact) mass is 559 g/mol. The van der Waals surface area contributed by atoms with E-state index in [9.17, 15) is 34.4 Å². The van der Waals surface area contributed by atoms with Gasteiger partial charge in [-0.25, -0.2) is 8.42 Å². The molecule has 194 valence electrons. The van der Waals surface area contributed by atoms with Gasteiger partial charge in [-0.3, -0.25) is 13.8 Å². The highest BCUT2D eigenvalue weighted by Crippen LogP contribution is 2.28. The molecule has 36 heavy (non-hydrogen) atoms. The Labute approximate surface area is 207 Å². The van der Waals surface area contributed by atoms with Crippen molar-refractivity contribution in [2.75, 3.05) is 40.6 Å². The van der Waals surface area contributed by atoms with Crippen LogP contribution in [0.5, 0.6) is 0 Å². The van der Waals surface area contributed by atoms with Gasteiger partial charge in [0.25, 0.3) is 20.2 Å². The number of rotatable bonds is 9. The Hall–Kier alpha value is -3.58. The van der Waals surface area contributed by atoms with Gasteiger partial charge >= 0.3 is 0 Å². The molecular weight excluding hydrogens is 538 g/mol. The van der Waals surface area contributed by atoms with Gasteiger partial charge in [-0.2, -0.15) is 31.8 Å². The van der Waals surface area contributed by atoms with Crippen LogP contribution in [0.2, 0.25) is 0 Å². The summed E-state index contributed by atoms with van der Waals surface area (Å²) >= 11 is 0. The lowest BCUT2D eigenvalue weighted by Crippen LogP contribution is -2.16. The first-order valence-corrected chi connectivity index (χ1v) is 14.4. The van der Waals surface area contributed by atoms with Crippen LogP contribution in [0, 0.1) is 0 Å². The molecule has 5 N–H and O–H groups in total. The summed E-state index contributed by atoms with van der Waals surface area (Å²) < 4.78 is 90.5. The second kappa shape index (κ2) is 9.82. The van der Waals surface area contributed by atoms with Crippen molar-refractivity contribution in [1.29, 1.82) is 0 Å². The van der Waals surface area contributed by atoms with E-state index in [4.69, 9.17) is 0 Å². The molecular formula is C18H21N7O8S3. The zero-order valence-electron chi connectivity index (χ0n) is 18.9. The van der Waals surface area contributed by atoms with E-state index >= 15 is 0 Å². The van der Waals surface area contributed by atoms with Crippen LogP contribution in [-0.2, 0) is 30.3 Å². The molecule has 0 unspecified atom stereocenters. The summed E-state index contributed by atoms with van der Waals surface area (Å²) in [5, 5.41) is 5.41. The van der Waals surface area contributed by atoms with Gasteiger partial charge in [-0.1, -0.05) is 0 Å². The Bertz CT molecular complexity index is 1610. The largest absolute Gasteiger partial charge is 0.347 e. The van der Waals surface area contributed by atoms with E-state index in [2.05, 4.69) is 30.3 Å². The van der Waals surface area contributed by atoms with E-state index in [1.54, 1.807) is 26.2 Å². The third kappa shape index (κ3) is 7.21. The first-order valence-electron chi connectivity index (χ1n) is 9.65. The van der Waals surface area contributed by atoms with Crippen molar-refractivity contribution >= 4 is 65.2 Å². The maximum atomic E-state index is 11.8. The molecule has 0 bridgehead atoms.